The first-order valence-corrected chi connectivity index (χ1v) is 9.01. The number of hydrogen-bond donors (Lipinski definition) is 2. The minimum absolute atomic E-state index is 0.283. The van der Waals surface area contributed by atoms with Gasteiger partial charge in [0.15, 0.2) is 5.76 Å². The lowest BCUT2D eigenvalue weighted by Gasteiger charge is -2.11. The average Bonchev–Trinajstić information content (AvgIpc) is 3.28. The Kier molecular flexibility index (Phi) is 4.64. The second-order valence-electron chi connectivity index (χ2n) is 6.38. The highest BCUT2D eigenvalue weighted by Gasteiger charge is 2.23. The van der Waals surface area contributed by atoms with E-state index in [0.29, 0.717) is 24.6 Å². The molecule has 0 aliphatic carbocycles. The molecule has 0 aliphatic rings. The second kappa shape index (κ2) is 7.25. The van der Waals surface area contributed by atoms with Crippen LogP contribution in [0.1, 0.15) is 41.8 Å². The molecule has 2 heterocycles. The van der Waals surface area contributed by atoms with Crippen molar-refractivity contribution in [2.24, 2.45) is 0 Å². The summed E-state index contributed by atoms with van der Waals surface area (Å²) in [6.45, 7) is 4.71. The first kappa shape index (κ1) is 17.3. The van der Waals surface area contributed by atoms with Crippen molar-refractivity contribution in [3.05, 3.63) is 65.7 Å². The molecule has 2 aromatic heterocycles. The highest BCUT2D eigenvalue weighted by atomic mass is 16.5. The molecule has 0 aliphatic heterocycles. The fraction of sp³-hybridized carbons (Fsp3) is 0.238. The third-order valence-corrected chi connectivity index (χ3v) is 4.52. The van der Waals surface area contributed by atoms with E-state index in [4.69, 9.17) is 9.15 Å². The number of ether oxygens (including phenoxy) is 1. The second-order valence-corrected chi connectivity index (χ2v) is 6.38. The molecular weight excluding hydrogens is 342 g/mol. The van der Waals surface area contributed by atoms with Crippen molar-refractivity contribution in [2.45, 2.75) is 26.5 Å². The van der Waals surface area contributed by atoms with Crippen molar-refractivity contribution in [1.82, 2.24) is 15.3 Å². The number of imidazole rings is 1. The average molecular weight is 363 g/mol. The zero-order chi connectivity index (χ0) is 18.8. The van der Waals surface area contributed by atoms with Crippen molar-refractivity contribution >= 4 is 27.9 Å². The SMILES string of the molecule is CCOCc1c(C(=O)N[C@@H](C)c2nc3ccccc3[nH]2)oc2ccccc12. The summed E-state index contributed by atoms with van der Waals surface area (Å²) in [6.07, 6.45) is 0. The number of amides is 1. The van der Waals surface area contributed by atoms with Gasteiger partial charge in [0.05, 0.1) is 23.7 Å². The summed E-state index contributed by atoms with van der Waals surface area (Å²) >= 11 is 0. The Bertz CT molecular complexity index is 1060. The number of fused-ring (bicyclic) bond motifs is 2. The van der Waals surface area contributed by atoms with Gasteiger partial charge >= 0.3 is 0 Å². The molecule has 0 fully saturated rings. The standard InChI is InChI=1S/C21H21N3O3/c1-3-26-12-15-14-8-4-7-11-18(14)27-19(15)21(25)22-13(2)20-23-16-9-5-6-10-17(16)24-20/h4-11,13H,3,12H2,1-2H3,(H,22,25)(H,23,24)/t13-/m0/s1. The first-order chi connectivity index (χ1) is 13.2. The molecule has 0 saturated heterocycles. The Labute approximate surface area is 156 Å². The molecule has 0 spiro atoms. The Morgan fingerprint density at radius 2 is 2.00 bits per heavy atom. The minimum atomic E-state index is -0.293. The van der Waals surface area contributed by atoms with Gasteiger partial charge in [-0.15, -0.1) is 0 Å². The van der Waals surface area contributed by atoms with Crippen molar-refractivity contribution in [3.8, 4) is 0 Å². The lowest BCUT2D eigenvalue weighted by molar-refractivity contribution is 0.0900. The van der Waals surface area contributed by atoms with E-state index in [9.17, 15) is 4.79 Å². The highest BCUT2D eigenvalue weighted by molar-refractivity contribution is 5.99. The Balaban J connectivity index is 1.62. The summed E-state index contributed by atoms with van der Waals surface area (Å²) in [5.41, 5.74) is 3.25. The van der Waals surface area contributed by atoms with Gasteiger partial charge in [-0.25, -0.2) is 4.98 Å². The van der Waals surface area contributed by atoms with Crippen LogP contribution in [0.5, 0.6) is 0 Å². The number of furan rings is 1. The number of nitrogens with zero attached hydrogens (tertiary/aromatic N) is 1. The van der Waals surface area contributed by atoms with Crippen LogP contribution >= 0.6 is 0 Å². The monoisotopic (exact) mass is 363 g/mol. The summed E-state index contributed by atoms with van der Waals surface area (Å²) in [5.74, 6) is 0.702. The third kappa shape index (κ3) is 3.31. The van der Waals surface area contributed by atoms with E-state index in [1.165, 1.54) is 0 Å². The Morgan fingerprint density at radius 1 is 1.22 bits per heavy atom. The van der Waals surface area contributed by atoms with Gasteiger partial charge in [0.25, 0.3) is 5.91 Å². The predicted octanol–water partition coefficient (Wildman–Crippen LogP) is 4.34. The lowest BCUT2D eigenvalue weighted by atomic mass is 10.1. The number of carbonyl (C=O) groups is 1. The number of aromatic nitrogens is 2. The van der Waals surface area contributed by atoms with Crippen LogP contribution in [0.25, 0.3) is 22.0 Å². The molecule has 2 N–H and O–H groups in total. The molecule has 0 saturated carbocycles. The Morgan fingerprint density at radius 3 is 2.81 bits per heavy atom. The van der Waals surface area contributed by atoms with E-state index in [-0.39, 0.29) is 17.7 Å². The third-order valence-electron chi connectivity index (χ3n) is 4.52. The zero-order valence-electron chi connectivity index (χ0n) is 15.3. The van der Waals surface area contributed by atoms with Crippen molar-refractivity contribution in [2.75, 3.05) is 6.61 Å². The number of carbonyl (C=O) groups excluding carboxylic acids is 1. The van der Waals surface area contributed by atoms with Gasteiger partial charge in [0.1, 0.15) is 11.4 Å². The number of aromatic amines is 1. The maximum Gasteiger partial charge on any atom is 0.288 e. The van der Waals surface area contributed by atoms with Crippen LogP contribution in [0.15, 0.2) is 52.9 Å². The van der Waals surface area contributed by atoms with Gasteiger partial charge in [0, 0.05) is 17.6 Å². The molecule has 4 rings (SSSR count). The smallest absolute Gasteiger partial charge is 0.288 e. The van der Waals surface area contributed by atoms with E-state index in [2.05, 4.69) is 15.3 Å². The predicted molar refractivity (Wildman–Crippen MR) is 104 cm³/mol. The first-order valence-electron chi connectivity index (χ1n) is 9.01. The number of para-hydroxylation sites is 3. The summed E-state index contributed by atoms with van der Waals surface area (Å²) in [4.78, 5) is 20.7. The highest BCUT2D eigenvalue weighted by Crippen LogP contribution is 2.27. The minimum Gasteiger partial charge on any atom is -0.451 e. The van der Waals surface area contributed by atoms with Crippen LogP contribution in [0.4, 0.5) is 0 Å². The largest absolute Gasteiger partial charge is 0.451 e. The van der Waals surface area contributed by atoms with E-state index in [1.54, 1.807) is 0 Å². The Hall–Kier alpha value is -3.12. The molecule has 0 unspecified atom stereocenters. The van der Waals surface area contributed by atoms with E-state index < -0.39 is 0 Å². The van der Waals surface area contributed by atoms with Crippen LogP contribution in [0.3, 0.4) is 0 Å². The van der Waals surface area contributed by atoms with Crippen LogP contribution in [-0.2, 0) is 11.3 Å². The van der Waals surface area contributed by atoms with Gasteiger partial charge in [-0.05, 0) is 32.0 Å². The molecule has 138 valence electrons. The summed E-state index contributed by atoms with van der Waals surface area (Å²) < 4.78 is 11.4. The number of nitrogens with one attached hydrogen (secondary N) is 2. The molecule has 6 heteroatoms. The van der Waals surface area contributed by atoms with Crippen LogP contribution in [0, 0.1) is 0 Å². The molecule has 6 nitrogen and oxygen atoms in total. The molecule has 27 heavy (non-hydrogen) atoms. The van der Waals surface area contributed by atoms with Gasteiger partial charge in [-0.2, -0.15) is 0 Å². The van der Waals surface area contributed by atoms with Crippen molar-refractivity contribution in [3.63, 3.8) is 0 Å². The molecule has 1 atom stereocenters. The molecule has 1 amide bonds. The summed E-state index contributed by atoms with van der Waals surface area (Å²) in [5, 5.41) is 3.87. The maximum atomic E-state index is 12.9. The summed E-state index contributed by atoms with van der Waals surface area (Å²) in [7, 11) is 0. The van der Waals surface area contributed by atoms with Crippen LogP contribution < -0.4 is 5.32 Å². The van der Waals surface area contributed by atoms with E-state index in [0.717, 1.165) is 22.0 Å². The van der Waals surface area contributed by atoms with Gasteiger partial charge in [0.2, 0.25) is 0 Å². The molecule has 0 bridgehead atoms. The fourth-order valence-electron chi connectivity index (χ4n) is 3.14. The number of hydrogen-bond acceptors (Lipinski definition) is 4. The van der Waals surface area contributed by atoms with Crippen LogP contribution in [0.2, 0.25) is 0 Å². The van der Waals surface area contributed by atoms with Crippen molar-refractivity contribution in [1.29, 1.82) is 0 Å². The summed E-state index contributed by atoms with van der Waals surface area (Å²) in [6, 6.07) is 15.1. The normalized spacial score (nSPS) is 12.5. The molecular formula is C21H21N3O3. The number of H-pyrrole nitrogens is 1. The van der Waals surface area contributed by atoms with Gasteiger partial charge in [-0.3, -0.25) is 4.79 Å². The fourth-order valence-corrected chi connectivity index (χ4v) is 3.14. The van der Waals surface area contributed by atoms with E-state index in [1.807, 2.05) is 62.4 Å². The van der Waals surface area contributed by atoms with Gasteiger partial charge < -0.3 is 19.5 Å². The molecule has 4 aromatic rings. The van der Waals surface area contributed by atoms with E-state index >= 15 is 0 Å². The number of rotatable bonds is 6. The van der Waals surface area contributed by atoms with Crippen molar-refractivity contribution < 1.29 is 13.9 Å². The maximum absolute atomic E-state index is 12.9. The van der Waals surface area contributed by atoms with Gasteiger partial charge in [-0.1, -0.05) is 30.3 Å². The quantitative estimate of drug-likeness (QED) is 0.534. The lowest BCUT2D eigenvalue weighted by Crippen LogP contribution is -2.27. The number of benzene rings is 2. The molecule has 2 aromatic carbocycles. The topological polar surface area (TPSA) is 80.1 Å². The zero-order valence-corrected chi connectivity index (χ0v) is 15.3. The van der Waals surface area contributed by atoms with Crippen LogP contribution in [-0.4, -0.2) is 22.5 Å². The molecule has 0 radical (unpaired) electrons.